The molecule has 2 atom stereocenters. The van der Waals surface area contributed by atoms with Gasteiger partial charge in [0, 0.05) is 12.1 Å². The van der Waals surface area contributed by atoms with Gasteiger partial charge in [-0.25, -0.2) is 0 Å². The average Bonchev–Trinajstić information content (AvgIpc) is 3.01. The number of nitrogens with two attached hydrogens (primary N) is 2. The second kappa shape index (κ2) is 5.83. The Bertz CT molecular complexity index is 261. The zero-order valence-electron chi connectivity index (χ0n) is 11.4. The molecule has 4 nitrogen and oxygen atoms in total. The van der Waals surface area contributed by atoms with Crippen molar-refractivity contribution in [1.82, 2.24) is 4.90 Å². The smallest absolute Gasteiger partial charge is 0.237 e. The van der Waals surface area contributed by atoms with E-state index in [1.54, 1.807) is 6.92 Å². The summed E-state index contributed by atoms with van der Waals surface area (Å²) in [4.78, 5) is 13.8. The lowest BCUT2D eigenvalue weighted by Gasteiger charge is -2.33. The summed E-state index contributed by atoms with van der Waals surface area (Å²) < 4.78 is 0. The zero-order valence-corrected chi connectivity index (χ0v) is 11.4. The molecule has 1 fully saturated rings. The van der Waals surface area contributed by atoms with Crippen LogP contribution in [0.25, 0.3) is 0 Å². The van der Waals surface area contributed by atoms with Crippen molar-refractivity contribution in [3.8, 4) is 0 Å². The summed E-state index contributed by atoms with van der Waals surface area (Å²) in [7, 11) is 0. The molecule has 0 spiro atoms. The minimum Gasteiger partial charge on any atom is -0.368 e. The van der Waals surface area contributed by atoms with Gasteiger partial charge < -0.3 is 11.5 Å². The van der Waals surface area contributed by atoms with Gasteiger partial charge in [0.1, 0.15) is 0 Å². The Morgan fingerprint density at radius 1 is 1.53 bits per heavy atom. The number of carbonyl (C=O) groups is 1. The van der Waals surface area contributed by atoms with Crippen LogP contribution in [0, 0.1) is 0 Å². The van der Waals surface area contributed by atoms with Crippen molar-refractivity contribution in [2.24, 2.45) is 11.5 Å². The number of carbonyl (C=O) groups excluding carboxylic acids is 1. The molecular formula is C13H27N3O. The first-order chi connectivity index (χ1) is 7.88. The first-order valence-electron chi connectivity index (χ1n) is 6.73. The van der Waals surface area contributed by atoms with E-state index in [4.69, 9.17) is 11.5 Å². The number of unbranched alkanes of at least 4 members (excludes halogenated alkanes) is 1. The topological polar surface area (TPSA) is 72.3 Å². The molecule has 0 aromatic heterocycles. The summed E-state index contributed by atoms with van der Waals surface area (Å²) in [6, 6.07) is 1.04. The van der Waals surface area contributed by atoms with Gasteiger partial charge in [-0.05, 0) is 46.1 Å². The van der Waals surface area contributed by atoms with Crippen molar-refractivity contribution >= 4 is 5.91 Å². The third-order valence-electron chi connectivity index (χ3n) is 3.63. The molecule has 1 amide bonds. The fraction of sp³-hybridized carbons (Fsp3) is 0.923. The minimum atomic E-state index is -0.890. The van der Waals surface area contributed by atoms with E-state index in [-0.39, 0.29) is 0 Å². The molecule has 0 bridgehead atoms. The number of hydrogen-bond donors (Lipinski definition) is 2. The number of nitrogens with zero attached hydrogens (tertiary/aromatic N) is 1. The normalized spacial score (nSPS) is 21.2. The highest BCUT2D eigenvalue weighted by Crippen LogP contribution is 2.30. The summed E-state index contributed by atoms with van der Waals surface area (Å²) in [5, 5.41) is 0. The predicted octanol–water partition coefficient (Wildman–Crippen LogP) is 1.23. The Hall–Kier alpha value is -0.610. The zero-order chi connectivity index (χ0) is 13.1. The summed E-state index contributed by atoms with van der Waals surface area (Å²) in [6.45, 7) is 7.20. The van der Waals surface area contributed by atoms with Gasteiger partial charge in [-0.1, -0.05) is 13.3 Å². The summed E-state index contributed by atoms with van der Waals surface area (Å²) in [6.07, 6.45) is 5.62. The van der Waals surface area contributed by atoms with Crippen LogP contribution in [-0.4, -0.2) is 35.0 Å². The number of primary amides is 1. The molecule has 4 heteroatoms. The Morgan fingerprint density at radius 2 is 2.12 bits per heavy atom. The highest BCUT2D eigenvalue weighted by Gasteiger charge is 2.36. The Kier molecular flexibility index (Phi) is 4.95. The summed E-state index contributed by atoms with van der Waals surface area (Å²) >= 11 is 0. The van der Waals surface area contributed by atoms with Gasteiger partial charge in [0.05, 0.1) is 5.54 Å². The third kappa shape index (κ3) is 4.28. The van der Waals surface area contributed by atoms with E-state index in [9.17, 15) is 4.79 Å². The Labute approximate surface area is 105 Å². The van der Waals surface area contributed by atoms with Crippen LogP contribution in [0.2, 0.25) is 0 Å². The van der Waals surface area contributed by atoms with Crippen molar-refractivity contribution in [2.75, 3.05) is 6.54 Å². The van der Waals surface area contributed by atoms with Gasteiger partial charge in [-0.15, -0.1) is 0 Å². The third-order valence-corrected chi connectivity index (χ3v) is 3.63. The van der Waals surface area contributed by atoms with Crippen LogP contribution in [0.3, 0.4) is 0 Å². The molecular weight excluding hydrogens is 214 g/mol. The lowest BCUT2D eigenvalue weighted by molar-refractivity contribution is -0.123. The second-order valence-electron chi connectivity index (χ2n) is 5.66. The molecule has 0 saturated heterocycles. The fourth-order valence-corrected chi connectivity index (χ4v) is 2.34. The largest absolute Gasteiger partial charge is 0.368 e. The maximum absolute atomic E-state index is 11.3. The lowest BCUT2D eigenvalue weighted by atomic mass is 9.93. The quantitative estimate of drug-likeness (QED) is 0.671. The van der Waals surface area contributed by atoms with Gasteiger partial charge in [0.2, 0.25) is 5.91 Å². The van der Waals surface area contributed by atoms with Crippen molar-refractivity contribution in [3.63, 3.8) is 0 Å². The first kappa shape index (κ1) is 14.5. The van der Waals surface area contributed by atoms with Crippen molar-refractivity contribution < 1.29 is 4.79 Å². The van der Waals surface area contributed by atoms with Crippen LogP contribution in [0.15, 0.2) is 0 Å². The average molecular weight is 241 g/mol. The van der Waals surface area contributed by atoms with Crippen molar-refractivity contribution in [1.29, 1.82) is 0 Å². The monoisotopic (exact) mass is 241 g/mol. The summed E-state index contributed by atoms with van der Waals surface area (Å²) in [5.74, 6) is -0.407. The van der Waals surface area contributed by atoms with Gasteiger partial charge in [0.25, 0.3) is 0 Å². The summed E-state index contributed by atoms with van der Waals surface area (Å²) in [5.41, 5.74) is 10.4. The second-order valence-corrected chi connectivity index (χ2v) is 5.66. The molecule has 0 aromatic rings. The molecule has 0 radical (unpaired) electrons. The highest BCUT2D eigenvalue weighted by molar-refractivity contribution is 5.83. The Morgan fingerprint density at radius 3 is 2.53 bits per heavy atom. The molecule has 0 aromatic carbocycles. The molecule has 4 N–H and O–H groups in total. The molecule has 1 aliphatic rings. The van der Waals surface area contributed by atoms with E-state index in [0.29, 0.717) is 18.5 Å². The minimum absolute atomic E-state index is 0.330. The van der Waals surface area contributed by atoms with Crippen LogP contribution < -0.4 is 11.5 Å². The fourth-order valence-electron chi connectivity index (χ4n) is 2.34. The molecule has 1 rings (SSSR count). The van der Waals surface area contributed by atoms with E-state index in [1.165, 1.54) is 25.7 Å². The highest BCUT2D eigenvalue weighted by atomic mass is 16.1. The molecule has 100 valence electrons. The molecule has 2 unspecified atom stereocenters. The molecule has 0 heterocycles. The molecule has 1 saturated carbocycles. The van der Waals surface area contributed by atoms with Crippen LogP contribution in [0.1, 0.15) is 52.9 Å². The molecule has 0 aliphatic heterocycles. The molecule has 17 heavy (non-hydrogen) atoms. The van der Waals surface area contributed by atoms with Crippen LogP contribution in [0.5, 0.6) is 0 Å². The van der Waals surface area contributed by atoms with E-state index < -0.39 is 11.4 Å². The van der Waals surface area contributed by atoms with E-state index in [2.05, 4.69) is 18.7 Å². The lowest BCUT2D eigenvalue weighted by Crippen LogP contribution is -2.53. The van der Waals surface area contributed by atoms with Gasteiger partial charge in [-0.2, -0.15) is 0 Å². The Balaban J connectivity index is 2.52. The number of rotatable bonds is 8. The van der Waals surface area contributed by atoms with Crippen LogP contribution in [0.4, 0.5) is 0 Å². The van der Waals surface area contributed by atoms with Crippen LogP contribution >= 0.6 is 0 Å². The van der Waals surface area contributed by atoms with Crippen molar-refractivity contribution in [2.45, 2.75) is 70.5 Å². The number of hydrogen-bond acceptors (Lipinski definition) is 3. The van der Waals surface area contributed by atoms with E-state index in [1.807, 2.05) is 0 Å². The van der Waals surface area contributed by atoms with Gasteiger partial charge in [0.15, 0.2) is 0 Å². The standard InChI is InChI=1S/C13H27N3O/c1-4-5-8-16(11-6-7-11)10(2)9-13(3,15)12(14)17/h10-11H,4-9,15H2,1-3H3,(H2,14,17). The number of amides is 1. The predicted molar refractivity (Wildman–Crippen MR) is 70.5 cm³/mol. The van der Waals surface area contributed by atoms with Crippen molar-refractivity contribution in [3.05, 3.63) is 0 Å². The maximum atomic E-state index is 11.3. The van der Waals surface area contributed by atoms with Gasteiger partial charge >= 0.3 is 0 Å². The molecule has 1 aliphatic carbocycles. The first-order valence-corrected chi connectivity index (χ1v) is 6.73. The van der Waals surface area contributed by atoms with Crippen LogP contribution in [-0.2, 0) is 4.79 Å². The SMILES string of the molecule is CCCCN(C(C)CC(C)(N)C(N)=O)C1CC1. The maximum Gasteiger partial charge on any atom is 0.237 e. The van der Waals surface area contributed by atoms with E-state index in [0.717, 1.165) is 6.54 Å². The van der Waals surface area contributed by atoms with E-state index >= 15 is 0 Å². The van der Waals surface area contributed by atoms with Gasteiger partial charge in [-0.3, -0.25) is 9.69 Å².